The summed E-state index contributed by atoms with van der Waals surface area (Å²) in [7, 11) is 1.14. The van der Waals surface area contributed by atoms with Gasteiger partial charge in [-0.15, -0.1) is 0 Å². The highest BCUT2D eigenvalue weighted by atomic mass is 19.3. The second-order valence-electron chi connectivity index (χ2n) is 4.10. The Morgan fingerprint density at radius 2 is 1.90 bits per heavy atom. The molecule has 0 fully saturated rings. The summed E-state index contributed by atoms with van der Waals surface area (Å²) in [5, 5.41) is 10.6. The van der Waals surface area contributed by atoms with Gasteiger partial charge in [0, 0.05) is 7.05 Å². The predicted molar refractivity (Wildman–Crippen MR) is 66.2 cm³/mol. The Bertz CT molecular complexity index is 537. The van der Waals surface area contributed by atoms with E-state index >= 15 is 0 Å². The Hall–Kier alpha value is -2.32. The molecule has 1 aromatic rings. The first-order chi connectivity index (χ1) is 9.66. The van der Waals surface area contributed by atoms with E-state index in [4.69, 9.17) is 5.11 Å². The van der Waals surface area contributed by atoms with Gasteiger partial charge in [-0.2, -0.15) is 8.78 Å². The number of para-hydroxylation sites is 1. The van der Waals surface area contributed by atoms with E-state index in [2.05, 4.69) is 0 Å². The van der Waals surface area contributed by atoms with Crippen molar-refractivity contribution in [2.75, 3.05) is 18.5 Å². The van der Waals surface area contributed by atoms with E-state index in [9.17, 15) is 27.2 Å². The third kappa shape index (κ3) is 4.07. The number of nitrogens with zero attached hydrogens (tertiary/aromatic N) is 1. The maximum atomic E-state index is 12.7. The number of nitrogens with one attached hydrogen (secondary N) is 1. The van der Waals surface area contributed by atoms with E-state index in [0.717, 1.165) is 11.9 Å². The summed E-state index contributed by atoms with van der Waals surface area (Å²) < 4.78 is 49.3. The Morgan fingerprint density at radius 3 is 2.43 bits per heavy atom. The van der Waals surface area contributed by atoms with E-state index in [0.29, 0.717) is 0 Å². The van der Waals surface area contributed by atoms with Crippen LogP contribution >= 0.6 is 0 Å². The quantitative estimate of drug-likeness (QED) is 0.821. The fourth-order valence-corrected chi connectivity index (χ4v) is 1.45. The SMILES string of the molecule is CN(C(=O)NCC(F)(F)C(F)F)c1ccccc1C(=O)O. The van der Waals surface area contributed by atoms with Crippen molar-refractivity contribution in [3.8, 4) is 0 Å². The largest absolute Gasteiger partial charge is 0.478 e. The molecule has 0 unspecified atom stereocenters. The van der Waals surface area contributed by atoms with Crippen molar-refractivity contribution in [1.29, 1.82) is 0 Å². The van der Waals surface area contributed by atoms with Crippen molar-refractivity contribution in [3.05, 3.63) is 29.8 Å². The summed E-state index contributed by atoms with van der Waals surface area (Å²) in [5.41, 5.74) is -0.279. The molecule has 1 aromatic carbocycles. The second-order valence-corrected chi connectivity index (χ2v) is 4.10. The van der Waals surface area contributed by atoms with Crippen LogP contribution in [0.2, 0.25) is 0 Å². The zero-order valence-corrected chi connectivity index (χ0v) is 10.8. The number of alkyl halides is 4. The number of aromatic carboxylic acids is 1. The highest BCUT2D eigenvalue weighted by Gasteiger charge is 2.41. The Labute approximate surface area is 117 Å². The fraction of sp³-hybridized carbons (Fsp3) is 0.333. The summed E-state index contributed by atoms with van der Waals surface area (Å²) in [6.07, 6.45) is -3.91. The number of anilines is 1. The average Bonchev–Trinajstić information content (AvgIpc) is 2.43. The zero-order valence-electron chi connectivity index (χ0n) is 10.8. The van der Waals surface area contributed by atoms with Crippen molar-refractivity contribution in [1.82, 2.24) is 5.32 Å². The van der Waals surface area contributed by atoms with Crippen LogP contribution in [0.3, 0.4) is 0 Å². The second kappa shape index (κ2) is 6.42. The van der Waals surface area contributed by atoms with Crippen LogP contribution in [0.1, 0.15) is 10.4 Å². The molecule has 0 atom stereocenters. The molecule has 0 saturated heterocycles. The van der Waals surface area contributed by atoms with Crippen molar-refractivity contribution in [2.45, 2.75) is 12.3 Å². The minimum absolute atomic E-state index is 0.0529. The summed E-state index contributed by atoms with van der Waals surface area (Å²) in [5.74, 6) is -5.67. The molecule has 0 spiro atoms. The van der Waals surface area contributed by atoms with Gasteiger partial charge in [0.25, 0.3) is 0 Å². The topological polar surface area (TPSA) is 69.6 Å². The Kier molecular flexibility index (Phi) is 5.12. The zero-order chi connectivity index (χ0) is 16.2. The molecule has 0 heterocycles. The van der Waals surface area contributed by atoms with Gasteiger partial charge in [-0.25, -0.2) is 18.4 Å². The van der Waals surface area contributed by atoms with Crippen LogP contribution in [0.5, 0.6) is 0 Å². The van der Waals surface area contributed by atoms with Gasteiger partial charge < -0.3 is 10.4 Å². The minimum Gasteiger partial charge on any atom is -0.478 e. The molecule has 0 bridgehead atoms. The lowest BCUT2D eigenvalue weighted by atomic mass is 10.1. The van der Waals surface area contributed by atoms with Crippen LogP contribution in [0, 0.1) is 0 Å². The lowest BCUT2D eigenvalue weighted by Gasteiger charge is -2.22. The first-order valence-electron chi connectivity index (χ1n) is 5.66. The van der Waals surface area contributed by atoms with Crippen LogP contribution in [-0.4, -0.2) is 43.0 Å². The molecule has 116 valence electrons. The normalized spacial score (nSPS) is 11.3. The van der Waals surface area contributed by atoms with E-state index in [1.54, 1.807) is 5.32 Å². The third-order valence-electron chi connectivity index (χ3n) is 2.60. The summed E-state index contributed by atoms with van der Waals surface area (Å²) in [6, 6.07) is 4.25. The van der Waals surface area contributed by atoms with Gasteiger partial charge in [-0.05, 0) is 12.1 Å². The van der Waals surface area contributed by atoms with Gasteiger partial charge in [-0.3, -0.25) is 4.90 Å². The van der Waals surface area contributed by atoms with E-state index < -0.39 is 30.9 Å². The van der Waals surface area contributed by atoms with Gasteiger partial charge in [0.15, 0.2) is 0 Å². The molecule has 5 nitrogen and oxygen atoms in total. The molecule has 0 aliphatic carbocycles. The predicted octanol–water partition coefficient (Wildman–Crippen LogP) is 2.43. The molecule has 9 heteroatoms. The summed E-state index contributed by atoms with van der Waals surface area (Å²) in [6.45, 7) is -1.55. The van der Waals surface area contributed by atoms with Crippen LogP contribution in [0.4, 0.5) is 28.0 Å². The van der Waals surface area contributed by atoms with E-state index in [1.807, 2.05) is 0 Å². The lowest BCUT2D eigenvalue weighted by Crippen LogP contribution is -2.46. The highest BCUT2D eigenvalue weighted by molar-refractivity contribution is 6.01. The van der Waals surface area contributed by atoms with Gasteiger partial charge in [-0.1, -0.05) is 12.1 Å². The number of halogens is 4. The van der Waals surface area contributed by atoms with E-state index in [-0.39, 0.29) is 11.3 Å². The van der Waals surface area contributed by atoms with Crippen LogP contribution < -0.4 is 10.2 Å². The Balaban J connectivity index is 2.83. The van der Waals surface area contributed by atoms with Crippen molar-refractivity contribution in [3.63, 3.8) is 0 Å². The molecular weight excluding hydrogens is 296 g/mol. The highest BCUT2D eigenvalue weighted by Crippen LogP contribution is 2.22. The first kappa shape index (κ1) is 16.7. The lowest BCUT2D eigenvalue weighted by molar-refractivity contribution is -0.123. The van der Waals surface area contributed by atoms with Gasteiger partial charge in [0.05, 0.1) is 17.8 Å². The number of carbonyl (C=O) groups excluding carboxylic acids is 1. The number of rotatable bonds is 5. The van der Waals surface area contributed by atoms with Gasteiger partial charge >= 0.3 is 24.3 Å². The van der Waals surface area contributed by atoms with Crippen molar-refractivity contribution >= 4 is 17.7 Å². The monoisotopic (exact) mass is 308 g/mol. The van der Waals surface area contributed by atoms with E-state index in [1.165, 1.54) is 24.3 Å². The molecule has 0 aliphatic rings. The molecule has 2 N–H and O–H groups in total. The van der Waals surface area contributed by atoms with Crippen LogP contribution in [0.15, 0.2) is 24.3 Å². The van der Waals surface area contributed by atoms with Crippen LogP contribution in [0.25, 0.3) is 0 Å². The molecule has 0 radical (unpaired) electrons. The Morgan fingerprint density at radius 1 is 1.33 bits per heavy atom. The number of carboxylic acids is 1. The standard InChI is InChI=1S/C12H12F4N2O3/c1-18(8-5-3-2-4-7(8)9(19)20)11(21)17-6-12(15,16)10(13)14/h2-5,10H,6H2,1H3,(H,17,21)(H,19,20). The van der Waals surface area contributed by atoms with Gasteiger partial charge in [0.2, 0.25) is 0 Å². The molecule has 0 aromatic heterocycles. The number of amides is 2. The number of carboxylic acid groups (broad SMARTS) is 1. The molecule has 21 heavy (non-hydrogen) atoms. The average molecular weight is 308 g/mol. The first-order valence-corrected chi connectivity index (χ1v) is 5.66. The number of hydrogen-bond acceptors (Lipinski definition) is 2. The van der Waals surface area contributed by atoms with Crippen LogP contribution in [-0.2, 0) is 0 Å². The number of carbonyl (C=O) groups is 2. The molecule has 1 rings (SSSR count). The maximum absolute atomic E-state index is 12.7. The van der Waals surface area contributed by atoms with Crippen molar-refractivity contribution < 1.29 is 32.3 Å². The van der Waals surface area contributed by atoms with Crippen molar-refractivity contribution in [2.24, 2.45) is 0 Å². The molecule has 0 aliphatic heterocycles. The maximum Gasteiger partial charge on any atom is 0.337 e. The molecule has 0 saturated carbocycles. The number of urea groups is 1. The van der Waals surface area contributed by atoms with Gasteiger partial charge in [0.1, 0.15) is 0 Å². The smallest absolute Gasteiger partial charge is 0.337 e. The summed E-state index contributed by atoms with van der Waals surface area (Å²) in [4.78, 5) is 23.4. The third-order valence-corrected chi connectivity index (χ3v) is 2.60. The minimum atomic E-state index is -4.36. The number of hydrogen-bond donors (Lipinski definition) is 2. The summed E-state index contributed by atoms with van der Waals surface area (Å²) >= 11 is 0. The molecular formula is C12H12F4N2O3. The molecule has 2 amide bonds. The fourth-order valence-electron chi connectivity index (χ4n) is 1.45. The number of benzene rings is 1.